The number of carboxylic acid groups (broad SMARTS) is 1. The quantitative estimate of drug-likeness (QED) is 0.906. The van der Waals surface area contributed by atoms with Gasteiger partial charge in [0.25, 0.3) is 0 Å². The van der Waals surface area contributed by atoms with E-state index in [2.05, 4.69) is 4.98 Å². The number of nitrogens with zero attached hydrogens (tertiary/aromatic N) is 2. The molecule has 1 aromatic rings. The molecule has 1 rings (SSSR count). The van der Waals surface area contributed by atoms with Crippen LogP contribution in [0.3, 0.4) is 0 Å². The first-order valence-electron chi connectivity index (χ1n) is 5.23. The molecule has 0 saturated carbocycles. The summed E-state index contributed by atoms with van der Waals surface area (Å²) in [6, 6.07) is 2.13. The van der Waals surface area contributed by atoms with Crippen LogP contribution in [0, 0.1) is 0 Å². The highest BCUT2D eigenvalue weighted by molar-refractivity contribution is 5.85. The molecule has 0 aliphatic carbocycles. The smallest absolute Gasteiger partial charge is 0.405 e. The molecule has 1 N–H and O–H groups in total. The van der Waals surface area contributed by atoms with Gasteiger partial charge < -0.3 is 10.0 Å². The second-order valence-electron chi connectivity index (χ2n) is 4.04. The van der Waals surface area contributed by atoms with E-state index in [1.807, 2.05) is 0 Å². The minimum Gasteiger partial charge on any atom is -0.477 e. The Morgan fingerprint density at radius 2 is 2.06 bits per heavy atom. The number of hydrogen-bond acceptors (Lipinski definition) is 3. The van der Waals surface area contributed by atoms with E-state index in [9.17, 15) is 18.0 Å². The van der Waals surface area contributed by atoms with Gasteiger partial charge in [0.15, 0.2) is 0 Å². The Hall–Kier alpha value is -1.79. The van der Waals surface area contributed by atoms with Gasteiger partial charge in [0, 0.05) is 6.04 Å². The number of hydrogen-bond donors (Lipinski definition) is 1. The fourth-order valence-electron chi connectivity index (χ4n) is 1.45. The molecule has 1 aromatic heterocycles. The topological polar surface area (TPSA) is 53.4 Å². The summed E-state index contributed by atoms with van der Waals surface area (Å²) < 4.78 is 37.2. The summed E-state index contributed by atoms with van der Waals surface area (Å²) in [6.45, 7) is 2.15. The number of anilines is 1. The van der Waals surface area contributed by atoms with Gasteiger partial charge in [-0.3, -0.25) is 0 Å². The largest absolute Gasteiger partial charge is 0.477 e. The van der Waals surface area contributed by atoms with Crippen LogP contribution in [0.1, 0.15) is 24.3 Å². The lowest BCUT2D eigenvalue weighted by atomic mass is 10.2. The lowest BCUT2D eigenvalue weighted by Crippen LogP contribution is -2.39. The van der Waals surface area contributed by atoms with Crippen LogP contribution in [-0.2, 0) is 0 Å². The third kappa shape index (κ3) is 3.90. The Labute approximate surface area is 102 Å². The normalized spacial score (nSPS) is 11.7. The molecule has 1 heterocycles. The van der Waals surface area contributed by atoms with Gasteiger partial charge in [0.2, 0.25) is 0 Å². The maximum Gasteiger partial charge on any atom is 0.405 e. The van der Waals surface area contributed by atoms with Gasteiger partial charge in [-0.05, 0) is 26.0 Å². The van der Waals surface area contributed by atoms with E-state index in [-0.39, 0.29) is 17.4 Å². The highest BCUT2D eigenvalue weighted by atomic mass is 19.4. The van der Waals surface area contributed by atoms with Crippen LogP contribution in [0.4, 0.5) is 18.9 Å². The van der Waals surface area contributed by atoms with Crippen molar-refractivity contribution >= 4 is 11.7 Å². The molecule has 100 valence electrons. The number of halogens is 3. The molecule has 4 nitrogen and oxygen atoms in total. The van der Waals surface area contributed by atoms with Crippen LogP contribution >= 0.6 is 0 Å². The van der Waals surface area contributed by atoms with Crippen molar-refractivity contribution in [3.05, 3.63) is 24.0 Å². The van der Waals surface area contributed by atoms with Gasteiger partial charge in [-0.1, -0.05) is 0 Å². The van der Waals surface area contributed by atoms with Gasteiger partial charge in [-0.2, -0.15) is 13.2 Å². The van der Waals surface area contributed by atoms with E-state index in [0.29, 0.717) is 0 Å². The van der Waals surface area contributed by atoms with Crippen LogP contribution in [0.5, 0.6) is 0 Å². The van der Waals surface area contributed by atoms with Gasteiger partial charge in [-0.25, -0.2) is 9.78 Å². The van der Waals surface area contributed by atoms with Gasteiger partial charge >= 0.3 is 12.1 Å². The molecule has 0 spiro atoms. The summed E-state index contributed by atoms with van der Waals surface area (Å²) >= 11 is 0. The molecule has 0 atom stereocenters. The summed E-state index contributed by atoms with van der Waals surface area (Å²) in [6.07, 6.45) is -3.19. The number of pyridine rings is 1. The molecule has 0 fully saturated rings. The van der Waals surface area contributed by atoms with Gasteiger partial charge in [-0.15, -0.1) is 0 Å². The van der Waals surface area contributed by atoms with Gasteiger partial charge in [0.05, 0.1) is 11.9 Å². The molecule has 0 bridgehead atoms. The van der Waals surface area contributed by atoms with Gasteiger partial charge in [0.1, 0.15) is 12.2 Å². The number of aromatic nitrogens is 1. The Morgan fingerprint density at radius 3 is 2.39 bits per heavy atom. The second kappa shape index (κ2) is 5.24. The fourth-order valence-corrected chi connectivity index (χ4v) is 1.45. The molecule has 0 saturated heterocycles. The fraction of sp³-hybridized carbons (Fsp3) is 0.455. The van der Waals surface area contributed by atoms with E-state index >= 15 is 0 Å². The minimum atomic E-state index is -4.32. The predicted molar refractivity (Wildman–Crippen MR) is 59.7 cm³/mol. The Bertz CT molecular complexity index is 415. The Kier molecular flexibility index (Phi) is 4.15. The number of alkyl halides is 3. The van der Waals surface area contributed by atoms with Crippen molar-refractivity contribution in [1.29, 1.82) is 0 Å². The molecule has 0 amide bonds. The zero-order chi connectivity index (χ0) is 13.9. The van der Waals surface area contributed by atoms with Crippen molar-refractivity contribution in [2.45, 2.75) is 26.1 Å². The molecule has 0 aliphatic rings. The van der Waals surface area contributed by atoms with Crippen LogP contribution in [0.2, 0.25) is 0 Å². The number of carboxylic acids is 1. The minimum absolute atomic E-state index is 0.200. The average Bonchev–Trinajstić information content (AvgIpc) is 2.24. The Morgan fingerprint density at radius 1 is 1.44 bits per heavy atom. The zero-order valence-corrected chi connectivity index (χ0v) is 9.90. The van der Waals surface area contributed by atoms with Crippen molar-refractivity contribution in [3.63, 3.8) is 0 Å². The molecule has 0 unspecified atom stereocenters. The SMILES string of the molecule is CC(C)N(CC(F)(F)F)c1ccc(C(=O)O)nc1. The molecule has 0 aliphatic heterocycles. The van der Waals surface area contributed by atoms with Crippen LogP contribution in [-0.4, -0.2) is 34.8 Å². The molecular weight excluding hydrogens is 249 g/mol. The lowest BCUT2D eigenvalue weighted by Gasteiger charge is -2.29. The molecule has 0 aromatic carbocycles. The monoisotopic (exact) mass is 262 g/mol. The summed E-state index contributed by atoms with van der Waals surface area (Å²) in [5.41, 5.74) is 0.0433. The van der Waals surface area contributed by atoms with Crippen molar-refractivity contribution in [2.24, 2.45) is 0 Å². The van der Waals surface area contributed by atoms with Crippen LogP contribution < -0.4 is 4.90 Å². The van der Waals surface area contributed by atoms with Crippen LogP contribution in [0.25, 0.3) is 0 Å². The van der Waals surface area contributed by atoms with Crippen LogP contribution in [0.15, 0.2) is 18.3 Å². The van der Waals surface area contributed by atoms with Crippen molar-refractivity contribution in [1.82, 2.24) is 4.98 Å². The summed E-state index contributed by atoms with van der Waals surface area (Å²) in [4.78, 5) is 15.3. The highest BCUT2D eigenvalue weighted by Gasteiger charge is 2.32. The molecule has 7 heteroatoms. The maximum atomic E-state index is 12.4. The van der Waals surface area contributed by atoms with E-state index < -0.39 is 18.7 Å². The third-order valence-electron chi connectivity index (χ3n) is 2.27. The van der Waals surface area contributed by atoms with E-state index in [1.54, 1.807) is 13.8 Å². The Balaban J connectivity index is 2.96. The highest BCUT2D eigenvalue weighted by Crippen LogP contribution is 2.23. The first-order valence-corrected chi connectivity index (χ1v) is 5.23. The summed E-state index contributed by atoms with van der Waals surface area (Å²) in [5.74, 6) is -1.21. The molecule has 18 heavy (non-hydrogen) atoms. The first kappa shape index (κ1) is 14.3. The predicted octanol–water partition coefficient (Wildman–Crippen LogP) is 2.56. The van der Waals surface area contributed by atoms with E-state index in [0.717, 1.165) is 11.1 Å². The van der Waals surface area contributed by atoms with E-state index in [1.165, 1.54) is 12.1 Å². The second-order valence-corrected chi connectivity index (χ2v) is 4.04. The maximum absolute atomic E-state index is 12.4. The average molecular weight is 262 g/mol. The van der Waals surface area contributed by atoms with Crippen molar-refractivity contribution in [2.75, 3.05) is 11.4 Å². The summed E-state index contributed by atoms with van der Waals surface area (Å²) in [5, 5.41) is 8.65. The lowest BCUT2D eigenvalue weighted by molar-refractivity contribution is -0.120. The molecule has 0 radical (unpaired) electrons. The third-order valence-corrected chi connectivity index (χ3v) is 2.27. The number of aromatic carboxylic acids is 1. The van der Waals surface area contributed by atoms with E-state index in [4.69, 9.17) is 5.11 Å². The van der Waals surface area contributed by atoms with Crippen molar-refractivity contribution in [3.8, 4) is 0 Å². The molecular formula is C11H13F3N2O2. The standard InChI is InChI=1S/C11H13F3N2O2/c1-7(2)16(6-11(12,13)14)8-3-4-9(10(17)18)15-5-8/h3-5,7H,6H2,1-2H3,(H,17,18). The number of rotatable bonds is 4. The zero-order valence-electron chi connectivity index (χ0n) is 9.90. The number of carbonyl (C=O) groups is 1. The first-order chi connectivity index (χ1) is 8.20. The summed E-state index contributed by atoms with van der Waals surface area (Å²) in [7, 11) is 0. The van der Waals surface area contributed by atoms with Crippen molar-refractivity contribution < 1.29 is 23.1 Å².